The van der Waals surface area contributed by atoms with Crippen molar-refractivity contribution in [2.45, 2.75) is 41.0 Å². The van der Waals surface area contributed by atoms with Gasteiger partial charge in [-0.3, -0.25) is 0 Å². The Morgan fingerprint density at radius 3 is 2.23 bits per heavy atom. The molecule has 1 aromatic carbocycles. The van der Waals surface area contributed by atoms with Crippen LogP contribution >= 0.6 is 0 Å². The van der Waals surface area contributed by atoms with Crippen molar-refractivity contribution >= 4 is 15.0 Å². The van der Waals surface area contributed by atoms with Crippen molar-refractivity contribution in [2.24, 2.45) is 11.3 Å². The summed E-state index contributed by atoms with van der Waals surface area (Å²) in [5, 5.41) is 0. The maximum absolute atomic E-state index is 11.8. The Balaban J connectivity index is 2.50. The molecule has 3 nitrogen and oxygen atoms in total. The molecule has 0 fully saturated rings. The minimum atomic E-state index is -0.507. The monoisotopic (exact) mass is 366 g/mol. The average molecular weight is 365 g/mol. The molecule has 0 spiro atoms. The number of hydrogen-bond donors (Lipinski definition) is 0. The fourth-order valence-corrected chi connectivity index (χ4v) is 3.87. The molecule has 1 unspecified atom stereocenters. The number of rotatable bonds is 4. The van der Waals surface area contributed by atoms with E-state index in [0.717, 1.165) is 17.8 Å². The number of hydrogen-bond acceptors (Lipinski definition) is 3. The molecule has 0 bridgehead atoms. The Kier molecular flexibility index (Phi) is 4.93. The molecule has 1 aliphatic rings. The molecule has 22 heavy (non-hydrogen) atoms. The summed E-state index contributed by atoms with van der Waals surface area (Å²) in [7, 11) is 0. The van der Waals surface area contributed by atoms with Crippen LogP contribution in [0.1, 0.15) is 39.7 Å². The van der Waals surface area contributed by atoms with Crippen molar-refractivity contribution in [3.05, 3.63) is 59.4 Å². The first kappa shape index (κ1) is 17.0. The molecular formula is C18H22O3Se. The SMILES string of the molecule is CCC(C(Oc1c(C)c(=O)c1=O)=C1C=C[Se]C=C1)C(C)(C)C. The fourth-order valence-electron chi connectivity index (χ4n) is 2.73. The van der Waals surface area contributed by atoms with Crippen LogP contribution in [0.15, 0.2) is 43.0 Å². The molecule has 0 aromatic heterocycles. The normalized spacial score (nSPS) is 16.1. The van der Waals surface area contributed by atoms with E-state index >= 15 is 0 Å². The summed E-state index contributed by atoms with van der Waals surface area (Å²) < 4.78 is 5.99. The van der Waals surface area contributed by atoms with Crippen LogP contribution in [-0.4, -0.2) is 15.0 Å². The van der Waals surface area contributed by atoms with Crippen LogP contribution in [0.25, 0.3) is 0 Å². The van der Waals surface area contributed by atoms with E-state index < -0.39 is 10.9 Å². The topological polar surface area (TPSA) is 43.4 Å². The summed E-state index contributed by atoms with van der Waals surface area (Å²) in [6.45, 7) is 10.3. The Hall–Kier alpha value is -1.38. The predicted octanol–water partition coefficient (Wildman–Crippen LogP) is 3.04. The second kappa shape index (κ2) is 6.39. The van der Waals surface area contributed by atoms with Gasteiger partial charge in [-0.1, -0.05) is 0 Å². The average Bonchev–Trinajstić information content (AvgIpc) is 2.49. The molecule has 0 saturated heterocycles. The molecule has 0 aliphatic carbocycles. The second-order valence-corrected chi connectivity index (χ2v) is 8.32. The molecule has 4 heteroatoms. The first-order valence-corrected chi connectivity index (χ1v) is 9.45. The molecule has 1 atom stereocenters. The molecule has 0 radical (unpaired) electrons. The van der Waals surface area contributed by atoms with Gasteiger partial charge in [0.05, 0.1) is 0 Å². The number of allylic oxidation sites excluding steroid dienone is 4. The van der Waals surface area contributed by atoms with Crippen molar-refractivity contribution in [1.82, 2.24) is 0 Å². The molecule has 0 N–H and O–H groups in total. The predicted molar refractivity (Wildman–Crippen MR) is 91.0 cm³/mol. The Labute approximate surface area is 137 Å². The van der Waals surface area contributed by atoms with Crippen LogP contribution in [0, 0.1) is 18.3 Å². The molecular weight excluding hydrogens is 343 g/mol. The van der Waals surface area contributed by atoms with Gasteiger partial charge in [-0.25, -0.2) is 0 Å². The van der Waals surface area contributed by atoms with Gasteiger partial charge >= 0.3 is 137 Å². The summed E-state index contributed by atoms with van der Waals surface area (Å²) in [6, 6.07) is 0. The Morgan fingerprint density at radius 1 is 1.18 bits per heavy atom. The Morgan fingerprint density at radius 2 is 1.77 bits per heavy atom. The zero-order valence-corrected chi connectivity index (χ0v) is 15.4. The summed E-state index contributed by atoms with van der Waals surface area (Å²) in [6.07, 6.45) is 5.03. The fraction of sp³-hybridized carbons (Fsp3) is 0.444. The summed E-state index contributed by atoms with van der Waals surface area (Å²) >= 11 is 0.384. The first-order chi connectivity index (χ1) is 10.3. The summed E-state index contributed by atoms with van der Waals surface area (Å²) in [5.41, 5.74) is 0.503. The van der Waals surface area contributed by atoms with Crippen LogP contribution in [0.4, 0.5) is 0 Å². The molecule has 118 valence electrons. The van der Waals surface area contributed by atoms with E-state index in [1.807, 2.05) is 0 Å². The molecule has 0 saturated carbocycles. The van der Waals surface area contributed by atoms with Gasteiger partial charge in [0.2, 0.25) is 0 Å². The second-order valence-electron chi connectivity index (χ2n) is 6.60. The molecule has 1 aliphatic heterocycles. The van der Waals surface area contributed by atoms with Crippen molar-refractivity contribution < 1.29 is 4.74 Å². The van der Waals surface area contributed by atoms with E-state index in [2.05, 4.69) is 49.8 Å². The van der Waals surface area contributed by atoms with E-state index in [4.69, 9.17) is 4.74 Å². The van der Waals surface area contributed by atoms with E-state index in [0.29, 0.717) is 20.5 Å². The quantitative estimate of drug-likeness (QED) is 0.468. The Bertz CT molecular complexity index is 708. The van der Waals surface area contributed by atoms with Crippen molar-refractivity contribution in [1.29, 1.82) is 0 Å². The van der Waals surface area contributed by atoms with Crippen LogP contribution < -0.4 is 15.6 Å². The van der Waals surface area contributed by atoms with Crippen LogP contribution in [0.3, 0.4) is 0 Å². The van der Waals surface area contributed by atoms with Crippen LogP contribution in [0.2, 0.25) is 0 Å². The van der Waals surface area contributed by atoms with Gasteiger partial charge in [0.15, 0.2) is 0 Å². The standard InChI is InChI=1S/C18H22O3Se/c1-6-13(18(3,4)5)17(12-7-9-22-10-8-12)21-16-11(2)14(19)15(16)20/h7-10,13H,6H2,1-5H3. The third-order valence-electron chi connectivity index (χ3n) is 4.01. The van der Waals surface area contributed by atoms with Crippen molar-refractivity contribution in [3.8, 4) is 5.75 Å². The molecule has 2 rings (SSSR count). The van der Waals surface area contributed by atoms with Gasteiger partial charge in [-0.05, 0) is 0 Å². The van der Waals surface area contributed by atoms with Gasteiger partial charge in [0, 0.05) is 0 Å². The first-order valence-electron chi connectivity index (χ1n) is 7.47. The van der Waals surface area contributed by atoms with Gasteiger partial charge in [-0.2, -0.15) is 0 Å². The van der Waals surface area contributed by atoms with Crippen LogP contribution in [-0.2, 0) is 0 Å². The number of ether oxygens (including phenoxy) is 1. The van der Waals surface area contributed by atoms with Gasteiger partial charge in [-0.15, -0.1) is 0 Å². The van der Waals surface area contributed by atoms with E-state index in [1.54, 1.807) is 6.92 Å². The summed E-state index contributed by atoms with van der Waals surface area (Å²) in [4.78, 5) is 27.5. The summed E-state index contributed by atoms with van der Waals surface area (Å²) in [5.74, 6) is 1.19. The third kappa shape index (κ3) is 3.18. The van der Waals surface area contributed by atoms with Crippen molar-refractivity contribution in [3.63, 3.8) is 0 Å². The molecule has 0 amide bonds. The van der Waals surface area contributed by atoms with E-state index in [9.17, 15) is 9.59 Å². The van der Waals surface area contributed by atoms with E-state index in [-0.39, 0.29) is 17.1 Å². The van der Waals surface area contributed by atoms with Gasteiger partial charge < -0.3 is 0 Å². The molecule has 1 heterocycles. The zero-order valence-electron chi connectivity index (χ0n) is 13.7. The van der Waals surface area contributed by atoms with Gasteiger partial charge in [0.1, 0.15) is 0 Å². The maximum atomic E-state index is 11.8. The third-order valence-corrected chi connectivity index (χ3v) is 5.24. The minimum absolute atomic E-state index is 0.00657. The van der Waals surface area contributed by atoms with Gasteiger partial charge in [0.25, 0.3) is 0 Å². The zero-order chi connectivity index (χ0) is 16.5. The van der Waals surface area contributed by atoms with E-state index in [1.165, 1.54) is 0 Å². The van der Waals surface area contributed by atoms with Crippen LogP contribution in [0.5, 0.6) is 5.75 Å². The van der Waals surface area contributed by atoms with Crippen molar-refractivity contribution in [2.75, 3.05) is 0 Å². The molecule has 1 aromatic rings.